The predicted octanol–water partition coefficient (Wildman–Crippen LogP) is 1.74. The molecule has 0 radical (unpaired) electrons. The summed E-state index contributed by atoms with van der Waals surface area (Å²) in [4.78, 5) is 36.8. The van der Waals surface area contributed by atoms with E-state index < -0.39 is 0 Å². The first kappa shape index (κ1) is 17.3. The van der Waals surface area contributed by atoms with Crippen molar-refractivity contribution in [2.75, 3.05) is 26.0 Å². The number of nitrogens with one attached hydrogen (secondary N) is 2. The van der Waals surface area contributed by atoms with Gasteiger partial charge in [0.2, 0.25) is 5.91 Å². The van der Waals surface area contributed by atoms with Gasteiger partial charge >= 0.3 is 0 Å². The average molecular weight is 329 g/mol. The maximum absolute atomic E-state index is 11.9. The lowest BCUT2D eigenvalue weighted by Gasteiger charge is -2.11. The first-order valence-corrected chi connectivity index (χ1v) is 7.39. The second kappa shape index (κ2) is 7.96. The van der Waals surface area contributed by atoms with Crippen LogP contribution in [0, 0.1) is 0 Å². The first-order chi connectivity index (χ1) is 11.5. The molecule has 0 spiro atoms. The van der Waals surface area contributed by atoms with Crippen molar-refractivity contribution in [3.63, 3.8) is 0 Å². The molecule has 24 heavy (non-hydrogen) atoms. The predicted molar refractivity (Wildman–Crippen MR) is 88.7 cm³/mol. The Balaban J connectivity index is 1.78. The molecule has 1 aromatic carbocycles. The van der Waals surface area contributed by atoms with Crippen LogP contribution in [0.25, 0.3) is 0 Å². The molecule has 3 amide bonds. The van der Waals surface area contributed by atoms with Gasteiger partial charge in [-0.25, -0.2) is 0 Å². The summed E-state index contributed by atoms with van der Waals surface area (Å²) in [6.45, 7) is 0.215. The van der Waals surface area contributed by atoms with E-state index in [2.05, 4.69) is 10.6 Å². The summed E-state index contributed by atoms with van der Waals surface area (Å²) in [6.07, 6.45) is 2.89. The van der Waals surface area contributed by atoms with Gasteiger partial charge < -0.3 is 20.0 Å². The zero-order valence-electron chi connectivity index (χ0n) is 13.5. The van der Waals surface area contributed by atoms with E-state index in [1.54, 1.807) is 44.4 Å². The zero-order chi connectivity index (χ0) is 17.5. The lowest BCUT2D eigenvalue weighted by Crippen LogP contribution is -2.27. The molecule has 0 atom stereocenters. The van der Waals surface area contributed by atoms with Gasteiger partial charge in [0.1, 0.15) is 6.26 Å². The topological polar surface area (TPSA) is 91.7 Å². The molecule has 2 rings (SSSR count). The van der Waals surface area contributed by atoms with Crippen molar-refractivity contribution in [3.05, 3.63) is 54.0 Å². The number of nitrogens with zero attached hydrogens (tertiary/aromatic N) is 1. The van der Waals surface area contributed by atoms with Crippen LogP contribution in [-0.4, -0.2) is 43.3 Å². The molecule has 2 N–H and O–H groups in total. The van der Waals surface area contributed by atoms with Gasteiger partial charge in [0, 0.05) is 38.3 Å². The maximum atomic E-state index is 11.9. The number of hydrogen-bond donors (Lipinski definition) is 2. The van der Waals surface area contributed by atoms with Crippen LogP contribution in [0.5, 0.6) is 0 Å². The Labute approximate surface area is 139 Å². The van der Waals surface area contributed by atoms with Crippen molar-refractivity contribution >= 4 is 23.4 Å². The standard InChI is InChI=1S/C17H19N3O4/c1-20(2)17(23)12-3-5-14(6-4-12)19-15(21)7-9-18-16(22)13-8-10-24-11-13/h3-6,8,10-11H,7,9H2,1-2H3,(H,18,22)(H,19,21). The molecular weight excluding hydrogens is 310 g/mol. The van der Waals surface area contributed by atoms with Gasteiger partial charge in [-0.3, -0.25) is 14.4 Å². The first-order valence-electron chi connectivity index (χ1n) is 7.39. The van der Waals surface area contributed by atoms with Crippen molar-refractivity contribution in [1.29, 1.82) is 0 Å². The van der Waals surface area contributed by atoms with Crippen LogP contribution in [0.2, 0.25) is 0 Å². The van der Waals surface area contributed by atoms with Crippen molar-refractivity contribution in [2.24, 2.45) is 0 Å². The number of carbonyl (C=O) groups excluding carboxylic acids is 3. The normalized spacial score (nSPS) is 10.1. The van der Waals surface area contributed by atoms with Crippen molar-refractivity contribution < 1.29 is 18.8 Å². The molecule has 126 valence electrons. The smallest absolute Gasteiger partial charge is 0.254 e. The van der Waals surface area contributed by atoms with E-state index in [1.165, 1.54) is 17.4 Å². The zero-order valence-corrected chi connectivity index (χ0v) is 13.5. The van der Waals surface area contributed by atoms with Crippen LogP contribution >= 0.6 is 0 Å². The Morgan fingerprint density at radius 1 is 1.04 bits per heavy atom. The third-order valence-corrected chi connectivity index (χ3v) is 3.24. The fourth-order valence-electron chi connectivity index (χ4n) is 1.96. The molecule has 0 saturated carbocycles. The van der Waals surface area contributed by atoms with Gasteiger partial charge in [-0.15, -0.1) is 0 Å². The minimum absolute atomic E-state index is 0.102. The Morgan fingerprint density at radius 3 is 2.33 bits per heavy atom. The van der Waals surface area contributed by atoms with E-state index in [0.717, 1.165) is 0 Å². The largest absolute Gasteiger partial charge is 0.472 e. The molecule has 1 aromatic heterocycles. The van der Waals surface area contributed by atoms with Crippen LogP contribution in [0.4, 0.5) is 5.69 Å². The highest BCUT2D eigenvalue weighted by Gasteiger charge is 2.09. The highest BCUT2D eigenvalue weighted by atomic mass is 16.3. The fourth-order valence-corrected chi connectivity index (χ4v) is 1.96. The molecule has 1 heterocycles. The molecule has 2 aromatic rings. The number of furan rings is 1. The van der Waals surface area contributed by atoms with Crippen LogP contribution in [0.1, 0.15) is 27.1 Å². The Hall–Kier alpha value is -3.09. The van der Waals surface area contributed by atoms with Gasteiger partial charge in [-0.1, -0.05) is 0 Å². The lowest BCUT2D eigenvalue weighted by atomic mass is 10.2. The van der Waals surface area contributed by atoms with Crippen LogP contribution < -0.4 is 10.6 Å². The lowest BCUT2D eigenvalue weighted by molar-refractivity contribution is -0.116. The minimum Gasteiger partial charge on any atom is -0.472 e. The quantitative estimate of drug-likeness (QED) is 0.844. The summed E-state index contributed by atoms with van der Waals surface area (Å²) in [5, 5.41) is 5.34. The molecule has 0 fully saturated rings. The van der Waals surface area contributed by atoms with Crippen LogP contribution in [0.15, 0.2) is 47.3 Å². The third kappa shape index (κ3) is 4.70. The molecule has 0 unspecified atom stereocenters. The number of hydrogen-bond acceptors (Lipinski definition) is 4. The molecule has 0 aliphatic carbocycles. The van der Waals surface area contributed by atoms with Crippen molar-refractivity contribution in [2.45, 2.75) is 6.42 Å². The monoisotopic (exact) mass is 329 g/mol. The van der Waals surface area contributed by atoms with Crippen molar-refractivity contribution in [3.8, 4) is 0 Å². The number of carbonyl (C=O) groups is 3. The highest BCUT2D eigenvalue weighted by molar-refractivity contribution is 5.96. The summed E-state index contributed by atoms with van der Waals surface area (Å²) < 4.78 is 4.82. The Morgan fingerprint density at radius 2 is 1.75 bits per heavy atom. The van der Waals surface area contributed by atoms with Crippen LogP contribution in [0.3, 0.4) is 0 Å². The summed E-state index contributed by atoms with van der Waals surface area (Å²) in [7, 11) is 3.35. The molecule has 7 heteroatoms. The minimum atomic E-state index is -0.289. The van der Waals surface area contributed by atoms with Crippen LogP contribution in [-0.2, 0) is 4.79 Å². The molecule has 7 nitrogen and oxygen atoms in total. The van der Waals surface area contributed by atoms with E-state index in [1.807, 2.05) is 0 Å². The van der Waals surface area contributed by atoms with E-state index in [-0.39, 0.29) is 30.7 Å². The molecule has 0 aliphatic heterocycles. The van der Waals surface area contributed by atoms with Gasteiger partial charge in [0.05, 0.1) is 11.8 Å². The molecule has 0 saturated heterocycles. The molecule has 0 aliphatic rings. The SMILES string of the molecule is CN(C)C(=O)c1ccc(NC(=O)CCNC(=O)c2ccoc2)cc1. The fraction of sp³-hybridized carbons (Fsp3) is 0.235. The van der Waals surface area contributed by atoms with E-state index >= 15 is 0 Å². The average Bonchev–Trinajstić information content (AvgIpc) is 3.09. The summed E-state index contributed by atoms with van der Waals surface area (Å²) in [6, 6.07) is 8.18. The maximum Gasteiger partial charge on any atom is 0.254 e. The van der Waals surface area contributed by atoms with Gasteiger partial charge in [0.25, 0.3) is 11.8 Å². The Bertz CT molecular complexity index is 706. The van der Waals surface area contributed by atoms with E-state index in [0.29, 0.717) is 16.8 Å². The van der Waals surface area contributed by atoms with E-state index in [9.17, 15) is 14.4 Å². The second-order valence-electron chi connectivity index (χ2n) is 5.34. The Kier molecular flexibility index (Phi) is 5.73. The van der Waals surface area contributed by atoms with E-state index in [4.69, 9.17) is 4.42 Å². The van der Waals surface area contributed by atoms with Gasteiger partial charge in [-0.05, 0) is 30.3 Å². The second-order valence-corrected chi connectivity index (χ2v) is 5.34. The molecule has 0 bridgehead atoms. The number of anilines is 1. The number of amides is 3. The number of benzene rings is 1. The summed E-state index contributed by atoms with van der Waals surface area (Å²) >= 11 is 0. The summed E-state index contributed by atoms with van der Waals surface area (Å²) in [5.74, 6) is -0.618. The van der Waals surface area contributed by atoms with Gasteiger partial charge in [0.15, 0.2) is 0 Å². The van der Waals surface area contributed by atoms with Crippen molar-refractivity contribution in [1.82, 2.24) is 10.2 Å². The highest BCUT2D eigenvalue weighted by Crippen LogP contribution is 2.11. The van der Waals surface area contributed by atoms with Gasteiger partial charge in [-0.2, -0.15) is 0 Å². The number of rotatable bonds is 6. The third-order valence-electron chi connectivity index (χ3n) is 3.24. The summed E-state index contributed by atoms with van der Waals surface area (Å²) in [5.41, 5.74) is 1.55. The molecular formula is C17H19N3O4.